The van der Waals surface area contributed by atoms with Gasteiger partial charge in [0.25, 0.3) is 0 Å². The van der Waals surface area contributed by atoms with E-state index in [-0.39, 0.29) is 42.4 Å². The molecule has 4 aromatic rings. The summed E-state index contributed by atoms with van der Waals surface area (Å²) >= 11 is 0. The highest BCUT2D eigenvalue weighted by molar-refractivity contribution is 6.08. The van der Waals surface area contributed by atoms with Crippen molar-refractivity contribution in [3.8, 4) is 11.1 Å². The van der Waals surface area contributed by atoms with Crippen LogP contribution in [0.15, 0.2) is 85.1 Å². The van der Waals surface area contributed by atoms with Gasteiger partial charge in [-0.15, -0.1) is 0 Å². The van der Waals surface area contributed by atoms with Crippen LogP contribution in [0.1, 0.15) is 40.2 Å². The van der Waals surface area contributed by atoms with Crippen molar-refractivity contribution >= 4 is 22.8 Å². The van der Waals surface area contributed by atoms with Crippen molar-refractivity contribution in [2.45, 2.75) is 30.8 Å². The van der Waals surface area contributed by atoms with E-state index in [1.165, 1.54) is 22.3 Å². The second-order valence-corrected chi connectivity index (χ2v) is 10.5. The molecule has 3 aliphatic rings. The average Bonchev–Trinajstić information content (AvgIpc) is 3.28. The van der Waals surface area contributed by atoms with Gasteiger partial charge in [0.15, 0.2) is 5.78 Å². The predicted octanol–water partition coefficient (Wildman–Crippen LogP) is 5.85. The van der Waals surface area contributed by atoms with E-state index in [1.807, 2.05) is 59.5 Å². The maximum Gasteiger partial charge on any atom is 0.410 e. The Labute approximate surface area is 221 Å². The van der Waals surface area contributed by atoms with E-state index in [0.29, 0.717) is 31.6 Å². The summed E-state index contributed by atoms with van der Waals surface area (Å²) in [5.41, 5.74) is 6.32. The van der Waals surface area contributed by atoms with Crippen LogP contribution < -0.4 is 0 Å². The zero-order valence-corrected chi connectivity index (χ0v) is 21.0. The quantitative estimate of drug-likeness (QED) is 0.326. The van der Waals surface area contributed by atoms with E-state index in [1.54, 1.807) is 6.20 Å². The standard InChI is InChI=1S/C32H28N2O4/c35-31(28-11-5-13-30-27(28)12-6-14-33-30)20-15-21-17-37-18-22(16-20)34(21)32(36)38-19-29-25-9-3-1-7-23(25)24-8-2-4-10-26(24)29/h1-14,20-22,29H,15-19H2. The fourth-order valence-electron chi connectivity index (χ4n) is 6.63. The summed E-state index contributed by atoms with van der Waals surface area (Å²) in [6, 6.07) is 25.8. The van der Waals surface area contributed by atoms with Gasteiger partial charge in [-0.25, -0.2) is 4.79 Å². The molecule has 2 unspecified atom stereocenters. The van der Waals surface area contributed by atoms with Crippen LogP contribution in [0.4, 0.5) is 4.79 Å². The third-order valence-corrected chi connectivity index (χ3v) is 8.35. The molecule has 3 heterocycles. The number of benzene rings is 3. The van der Waals surface area contributed by atoms with Crippen molar-refractivity contribution in [1.82, 2.24) is 9.88 Å². The molecule has 0 radical (unpaired) electrons. The lowest BCUT2D eigenvalue weighted by molar-refractivity contribution is -0.0747. The van der Waals surface area contributed by atoms with Gasteiger partial charge in [0, 0.05) is 29.0 Å². The average molecular weight is 505 g/mol. The first-order valence-electron chi connectivity index (χ1n) is 13.3. The second kappa shape index (κ2) is 9.37. The molecule has 6 nitrogen and oxygen atoms in total. The minimum absolute atomic E-state index is 0.0153. The van der Waals surface area contributed by atoms with Crippen LogP contribution in [0.5, 0.6) is 0 Å². The molecule has 38 heavy (non-hydrogen) atoms. The molecule has 1 amide bonds. The largest absolute Gasteiger partial charge is 0.448 e. The molecule has 7 rings (SSSR count). The SMILES string of the molecule is O=C(c1cccc2ncccc12)C1CC2COCC(C1)N2C(=O)OCC1c2ccccc2-c2ccccc21. The minimum atomic E-state index is -0.314. The fourth-order valence-corrected chi connectivity index (χ4v) is 6.63. The van der Waals surface area contributed by atoms with Crippen molar-refractivity contribution in [1.29, 1.82) is 0 Å². The van der Waals surface area contributed by atoms with Gasteiger partial charge in [-0.3, -0.25) is 14.7 Å². The van der Waals surface area contributed by atoms with Gasteiger partial charge >= 0.3 is 6.09 Å². The lowest BCUT2D eigenvalue weighted by Gasteiger charge is -2.47. The fraction of sp³-hybridized carbons (Fsp3) is 0.281. The van der Waals surface area contributed by atoms with E-state index in [9.17, 15) is 9.59 Å². The molecule has 2 saturated heterocycles. The number of pyridine rings is 1. The number of rotatable bonds is 4. The Kier molecular flexibility index (Phi) is 5.70. The van der Waals surface area contributed by atoms with E-state index in [2.05, 4.69) is 29.2 Å². The van der Waals surface area contributed by atoms with E-state index in [0.717, 1.165) is 10.9 Å². The minimum Gasteiger partial charge on any atom is -0.448 e. The van der Waals surface area contributed by atoms with Crippen molar-refractivity contribution in [2.24, 2.45) is 5.92 Å². The van der Waals surface area contributed by atoms with E-state index in [4.69, 9.17) is 9.47 Å². The van der Waals surface area contributed by atoms with Crippen LogP contribution in [-0.4, -0.2) is 53.7 Å². The first-order valence-corrected chi connectivity index (χ1v) is 13.3. The maximum atomic E-state index is 13.7. The van der Waals surface area contributed by atoms with Crippen LogP contribution in [0, 0.1) is 5.92 Å². The zero-order valence-electron chi connectivity index (χ0n) is 21.0. The smallest absolute Gasteiger partial charge is 0.410 e. The molecule has 2 aliphatic heterocycles. The number of ether oxygens (including phenoxy) is 2. The number of morpholine rings is 1. The van der Waals surface area contributed by atoms with Gasteiger partial charge in [0.2, 0.25) is 0 Å². The Balaban J connectivity index is 1.08. The first kappa shape index (κ1) is 23.1. The molecule has 6 heteroatoms. The molecular weight excluding hydrogens is 476 g/mol. The lowest BCUT2D eigenvalue weighted by atomic mass is 9.80. The van der Waals surface area contributed by atoms with Crippen molar-refractivity contribution in [2.75, 3.05) is 19.8 Å². The summed E-state index contributed by atoms with van der Waals surface area (Å²) in [5.74, 6) is -0.0356. The molecule has 0 N–H and O–H groups in total. The monoisotopic (exact) mass is 504 g/mol. The van der Waals surface area contributed by atoms with Crippen LogP contribution in [0.25, 0.3) is 22.0 Å². The van der Waals surface area contributed by atoms with Crippen LogP contribution >= 0.6 is 0 Å². The van der Waals surface area contributed by atoms with Crippen LogP contribution in [0.3, 0.4) is 0 Å². The van der Waals surface area contributed by atoms with Gasteiger partial charge in [-0.2, -0.15) is 0 Å². The Morgan fingerprint density at radius 3 is 2.24 bits per heavy atom. The molecule has 1 aliphatic carbocycles. The molecule has 0 spiro atoms. The Bertz CT molecular complexity index is 1480. The van der Waals surface area contributed by atoms with Gasteiger partial charge in [0.1, 0.15) is 6.61 Å². The van der Waals surface area contributed by atoms with Gasteiger partial charge in [-0.05, 0) is 47.2 Å². The Morgan fingerprint density at radius 2 is 1.53 bits per heavy atom. The molecule has 1 aromatic heterocycles. The number of amides is 1. The summed E-state index contributed by atoms with van der Waals surface area (Å²) in [7, 11) is 0. The molecule has 0 saturated carbocycles. The number of hydrogen-bond acceptors (Lipinski definition) is 5. The number of hydrogen-bond donors (Lipinski definition) is 0. The summed E-state index contributed by atoms with van der Waals surface area (Å²) in [6.45, 7) is 1.12. The highest BCUT2D eigenvalue weighted by Gasteiger charge is 2.45. The summed E-state index contributed by atoms with van der Waals surface area (Å²) in [6.07, 6.45) is 2.56. The van der Waals surface area contributed by atoms with Crippen molar-refractivity contribution in [3.05, 3.63) is 102 Å². The highest BCUT2D eigenvalue weighted by Crippen LogP contribution is 2.45. The summed E-state index contributed by atoms with van der Waals surface area (Å²) in [5, 5.41) is 0.875. The molecule has 3 aromatic carbocycles. The Morgan fingerprint density at radius 1 is 0.842 bits per heavy atom. The lowest BCUT2D eigenvalue weighted by Crippen LogP contribution is -2.60. The molecule has 2 bridgehead atoms. The van der Waals surface area contributed by atoms with Crippen molar-refractivity contribution < 1.29 is 19.1 Å². The number of Topliss-reactive ketones (excluding diaryl/α,β-unsaturated/α-hetero) is 1. The number of ketones is 1. The third-order valence-electron chi connectivity index (χ3n) is 8.35. The van der Waals surface area contributed by atoms with Gasteiger partial charge in [-0.1, -0.05) is 66.7 Å². The topological polar surface area (TPSA) is 68.7 Å². The van der Waals surface area contributed by atoms with Crippen LogP contribution in [0.2, 0.25) is 0 Å². The normalized spacial score (nSPS) is 22.1. The zero-order chi connectivity index (χ0) is 25.6. The molecule has 190 valence electrons. The number of aromatic nitrogens is 1. The number of nitrogens with zero attached hydrogens (tertiary/aromatic N) is 2. The van der Waals surface area contributed by atoms with Gasteiger partial charge < -0.3 is 9.47 Å². The molecule has 2 fully saturated rings. The summed E-state index contributed by atoms with van der Waals surface area (Å²) < 4.78 is 11.8. The highest BCUT2D eigenvalue weighted by atomic mass is 16.6. The van der Waals surface area contributed by atoms with Gasteiger partial charge in [0.05, 0.1) is 30.8 Å². The molecule has 2 atom stereocenters. The summed E-state index contributed by atoms with van der Waals surface area (Å²) in [4.78, 5) is 33.4. The molecular formula is C32H28N2O4. The number of fused-ring (bicyclic) bond motifs is 6. The number of carbonyl (C=O) groups is 2. The van der Waals surface area contributed by atoms with E-state index >= 15 is 0 Å². The van der Waals surface area contributed by atoms with Crippen LogP contribution in [-0.2, 0) is 9.47 Å². The Hall–Kier alpha value is -4.03. The maximum absolute atomic E-state index is 13.7. The number of carbonyl (C=O) groups excluding carboxylic acids is 2. The third kappa shape index (κ3) is 3.79. The second-order valence-electron chi connectivity index (χ2n) is 10.5. The predicted molar refractivity (Wildman–Crippen MR) is 144 cm³/mol. The first-order chi connectivity index (χ1) is 18.7. The van der Waals surface area contributed by atoms with Crippen molar-refractivity contribution in [3.63, 3.8) is 0 Å². The van der Waals surface area contributed by atoms with E-state index < -0.39 is 0 Å². The number of piperidine rings is 1.